The highest BCUT2D eigenvalue weighted by atomic mass is 35.5. The summed E-state index contributed by atoms with van der Waals surface area (Å²) in [5, 5.41) is 0.550. The second kappa shape index (κ2) is 8.67. The minimum absolute atomic E-state index is 0.550. The first-order valence-electron chi connectivity index (χ1n) is 9.45. The molecule has 128 valence electrons. The van der Waals surface area contributed by atoms with Crippen molar-refractivity contribution < 1.29 is 0 Å². The molecule has 1 nitrogen and oxygen atoms in total. The van der Waals surface area contributed by atoms with Crippen molar-refractivity contribution in [2.45, 2.75) is 58.3 Å². The predicted molar refractivity (Wildman–Crippen MR) is 103 cm³/mol. The van der Waals surface area contributed by atoms with E-state index in [4.69, 9.17) is 11.6 Å². The summed E-state index contributed by atoms with van der Waals surface area (Å²) < 4.78 is 0. The van der Waals surface area contributed by atoms with Crippen LogP contribution in [0, 0.1) is 11.8 Å². The summed E-state index contributed by atoms with van der Waals surface area (Å²) in [6, 6.07) is 12.8. The number of aryl methyl sites for hydroxylation is 1. The van der Waals surface area contributed by atoms with E-state index in [0.29, 0.717) is 5.15 Å². The van der Waals surface area contributed by atoms with E-state index in [1.54, 1.807) is 0 Å². The maximum absolute atomic E-state index is 5.88. The summed E-state index contributed by atoms with van der Waals surface area (Å²) in [6.07, 6.45) is 12.9. The molecule has 1 heterocycles. The smallest absolute Gasteiger partial charge is 0.129 e. The van der Waals surface area contributed by atoms with E-state index >= 15 is 0 Å². The Morgan fingerprint density at radius 1 is 0.958 bits per heavy atom. The van der Waals surface area contributed by atoms with E-state index in [1.807, 2.05) is 18.3 Å². The van der Waals surface area contributed by atoms with Crippen molar-refractivity contribution in [3.05, 3.63) is 53.3 Å². The van der Waals surface area contributed by atoms with Crippen LogP contribution >= 0.6 is 11.6 Å². The molecule has 0 spiro atoms. The molecule has 1 fully saturated rings. The molecular weight excluding hydrogens is 314 g/mol. The number of aromatic nitrogens is 1. The topological polar surface area (TPSA) is 12.9 Å². The SMILES string of the molecule is CCCC1CCC(CCc2cccc(-c3ccc(Cl)nc3)c2)CC1. The number of rotatable bonds is 6. The summed E-state index contributed by atoms with van der Waals surface area (Å²) in [6.45, 7) is 2.31. The third-order valence-electron chi connectivity index (χ3n) is 5.49. The molecule has 0 saturated heterocycles. The van der Waals surface area contributed by atoms with Gasteiger partial charge in [-0.2, -0.15) is 0 Å². The lowest BCUT2D eigenvalue weighted by atomic mass is 9.78. The zero-order valence-corrected chi connectivity index (χ0v) is 15.4. The van der Waals surface area contributed by atoms with Crippen molar-refractivity contribution in [1.29, 1.82) is 0 Å². The molecule has 0 bridgehead atoms. The van der Waals surface area contributed by atoms with E-state index in [-0.39, 0.29) is 0 Å². The number of hydrogen-bond donors (Lipinski definition) is 0. The van der Waals surface area contributed by atoms with Gasteiger partial charge in [-0.3, -0.25) is 0 Å². The molecule has 0 aliphatic heterocycles. The van der Waals surface area contributed by atoms with Gasteiger partial charge in [0.2, 0.25) is 0 Å². The van der Waals surface area contributed by atoms with Crippen LogP contribution < -0.4 is 0 Å². The molecule has 0 N–H and O–H groups in total. The van der Waals surface area contributed by atoms with E-state index < -0.39 is 0 Å². The first-order chi connectivity index (χ1) is 11.7. The van der Waals surface area contributed by atoms with Gasteiger partial charge in [-0.15, -0.1) is 0 Å². The molecule has 1 saturated carbocycles. The molecule has 1 aromatic carbocycles. The third kappa shape index (κ3) is 4.83. The standard InChI is InChI=1S/C22H28ClN/c1-2-4-17-7-9-18(10-8-17)11-12-19-5-3-6-20(15-19)21-13-14-22(23)24-16-21/h3,5-6,13-18H,2,4,7-12H2,1H3. The Balaban J connectivity index is 1.55. The molecule has 1 aliphatic carbocycles. The lowest BCUT2D eigenvalue weighted by Crippen LogP contribution is -2.15. The highest BCUT2D eigenvalue weighted by molar-refractivity contribution is 6.29. The largest absolute Gasteiger partial charge is 0.244 e. The van der Waals surface area contributed by atoms with Gasteiger partial charge >= 0.3 is 0 Å². The summed E-state index contributed by atoms with van der Waals surface area (Å²) >= 11 is 5.88. The first kappa shape index (κ1) is 17.5. The van der Waals surface area contributed by atoms with Crippen molar-refractivity contribution in [2.24, 2.45) is 11.8 Å². The third-order valence-corrected chi connectivity index (χ3v) is 5.72. The fourth-order valence-corrected chi connectivity index (χ4v) is 4.15. The normalized spacial score (nSPS) is 20.9. The Labute approximate surface area is 151 Å². The highest BCUT2D eigenvalue weighted by Gasteiger charge is 2.20. The minimum atomic E-state index is 0.550. The van der Waals surface area contributed by atoms with Crippen LogP contribution in [-0.4, -0.2) is 4.98 Å². The summed E-state index contributed by atoms with van der Waals surface area (Å²) in [7, 11) is 0. The van der Waals surface area contributed by atoms with Crippen LogP contribution in [0.15, 0.2) is 42.6 Å². The van der Waals surface area contributed by atoms with Crippen molar-refractivity contribution in [3.8, 4) is 11.1 Å². The Hall–Kier alpha value is -1.34. The highest BCUT2D eigenvalue weighted by Crippen LogP contribution is 2.34. The second-order valence-corrected chi connectivity index (χ2v) is 7.67. The zero-order valence-electron chi connectivity index (χ0n) is 14.7. The number of hydrogen-bond acceptors (Lipinski definition) is 1. The maximum Gasteiger partial charge on any atom is 0.129 e. The minimum Gasteiger partial charge on any atom is -0.244 e. The number of pyridine rings is 1. The molecule has 1 aromatic heterocycles. The Kier molecular flexibility index (Phi) is 6.31. The van der Waals surface area contributed by atoms with E-state index in [1.165, 1.54) is 62.5 Å². The molecule has 24 heavy (non-hydrogen) atoms. The van der Waals surface area contributed by atoms with Crippen LogP contribution in [0.2, 0.25) is 5.15 Å². The van der Waals surface area contributed by atoms with Crippen LogP contribution in [0.1, 0.15) is 57.4 Å². The zero-order chi connectivity index (χ0) is 16.8. The average Bonchev–Trinajstić information content (AvgIpc) is 2.62. The number of halogens is 1. The lowest BCUT2D eigenvalue weighted by Gasteiger charge is -2.28. The molecule has 0 radical (unpaired) electrons. The monoisotopic (exact) mass is 341 g/mol. The van der Waals surface area contributed by atoms with Crippen LogP contribution in [0.25, 0.3) is 11.1 Å². The van der Waals surface area contributed by atoms with E-state index in [9.17, 15) is 0 Å². The van der Waals surface area contributed by atoms with Crippen LogP contribution in [0.5, 0.6) is 0 Å². The van der Waals surface area contributed by atoms with Gasteiger partial charge in [0.1, 0.15) is 5.15 Å². The number of benzene rings is 1. The van der Waals surface area contributed by atoms with Gasteiger partial charge in [-0.1, -0.05) is 81.3 Å². The summed E-state index contributed by atoms with van der Waals surface area (Å²) in [5.74, 6) is 1.94. The van der Waals surface area contributed by atoms with Crippen molar-refractivity contribution in [3.63, 3.8) is 0 Å². The quantitative estimate of drug-likeness (QED) is 0.518. The summed E-state index contributed by atoms with van der Waals surface area (Å²) in [4.78, 5) is 4.19. The molecule has 3 rings (SSSR count). The van der Waals surface area contributed by atoms with Gasteiger partial charge in [-0.05, 0) is 47.9 Å². The van der Waals surface area contributed by atoms with Crippen molar-refractivity contribution in [1.82, 2.24) is 4.98 Å². The molecule has 1 aliphatic rings. The first-order valence-corrected chi connectivity index (χ1v) is 9.83. The fraction of sp³-hybridized carbons (Fsp3) is 0.500. The lowest BCUT2D eigenvalue weighted by molar-refractivity contribution is 0.252. The van der Waals surface area contributed by atoms with Gasteiger partial charge in [0.05, 0.1) is 0 Å². The summed E-state index contributed by atoms with van der Waals surface area (Å²) in [5.41, 5.74) is 3.82. The Morgan fingerprint density at radius 2 is 1.71 bits per heavy atom. The van der Waals surface area contributed by atoms with Crippen LogP contribution in [0.3, 0.4) is 0 Å². The van der Waals surface area contributed by atoms with E-state index in [2.05, 4.69) is 36.2 Å². The van der Waals surface area contributed by atoms with Gasteiger partial charge in [0.15, 0.2) is 0 Å². The van der Waals surface area contributed by atoms with Crippen LogP contribution in [0.4, 0.5) is 0 Å². The van der Waals surface area contributed by atoms with Gasteiger partial charge in [0.25, 0.3) is 0 Å². The Morgan fingerprint density at radius 3 is 2.38 bits per heavy atom. The molecule has 0 unspecified atom stereocenters. The van der Waals surface area contributed by atoms with Crippen molar-refractivity contribution >= 4 is 11.6 Å². The van der Waals surface area contributed by atoms with Crippen LogP contribution in [-0.2, 0) is 6.42 Å². The molecular formula is C22H28ClN. The van der Waals surface area contributed by atoms with Gasteiger partial charge < -0.3 is 0 Å². The fourth-order valence-electron chi connectivity index (χ4n) is 4.04. The molecule has 0 atom stereocenters. The Bertz CT molecular complexity index is 627. The predicted octanol–water partition coefficient (Wildman–Crippen LogP) is 6.94. The van der Waals surface area contributed by atoms with E-state index in [0.717, 1.165) is 17.4 Å². The molecule has 2 aromatic rings. The molecule has 0 amide bonds. The van der Waals surface area contributed by atoms with Gasteiger partial charge in [0, 0.05) is 11.8 Å². The number of nitrogens with zero attached hydrogens (tertiary/aromatic N) is 1. The van der Waals surface area contributed by atoms with Crippen molar-refractivity contribution in [2.75, 3.05) is 0 Å². The second-order valence-electron chi connectivity index (χ2n) is 7.28. The average molecular weight is 342 g/mol. The molecule has 2 heteroatoms. The maximum atomic E-state index is 5.88. The van der Waals surface area contributed by atoms with Gasteiger partial charge in [-0.25, -0.2) is 4.98 Å².